The summed E-state index contributed by atoms with van der Waals surface area (Å²) in [6.45, 7) is 2.09. The first-order valence-electron chi connectivity index (χ1n) is 5.38. The van der Waals surface area contributed by atoms with Gasteiger partial charge >= 0.3 is 0 Å². The zero-order chi connectivity index (χ0) is 11.5. The molecule has 16 heavy (non-hydrogen) atoms. The molecule has 0 bridgehead atoms. The van der Waals surface area contributed by atoms with Crippen molar-refractivity contribution >= 4 is 15.9 Å². The lowest BCUT2D eigenvalue weighted by atomic mass is 9.97. The summed E-state index contributed by atoms with van der Waals surface area (Å²) in [6.07, 6.45) is 1.15. The van der Waals surface area contributed by atoms with E-state index in [2.05, 4.69) is 27.3 Å². The van der Waals surface area contributed by atoms with Crippen LogP contribution in [0.4, 0.5) is 0 Å². The average molecular weight is 286 g/mol. The molecule has 2 rings (SSSR count). The number of nitrogens with one attached hydrogen (secondary N) is 1. The summed E-state index contributed by atoms with van der Waals surface area (Å²) in [7, 11) is 3.39. The summed E-state index contributed by atoms with van der Waals surface area (Å²) in [5.74, 6) is 2.32. The van der Waals surface area contributed by atoms with Crippen LogP contribution in [0.15, 0.2) is 16.6 Å². The maximum absolute atomic E-state index is 5.42. The van der Waals surface area contributed by atoms with E-state index in [4.69, 9.17) is 9.47 Å². The van der Waals surface area contributed by atoms with E-state index in [0.29, 0.717) is 5.92 Å². The Kier molecular flexibility index (Phi) is 3.71. The van der Waals surface area contributed by atoms with Gasteiger partial charge in [-0.2, -0.15) is 0 Å². The molecule has 4 heteroatoms. The second-order valence-electron chi connectivity index (χ2n) is 3.92. The van der Waals surface area contributed by atoms with Crippen LogP contribution >= 0.6 is 15.9 Å². The van der Waals surface area contributed by atoms with Crippen molar-refractivity contribution in [2.45, 2.75) is 12.3 Å². The Morgan fingerprint density at radius 3 is 2.56 bits per heavy atom. The lowest BCUT2D eigenvalue weighted by molar-refractivity contribution is 0.394. The molecule has 0 amide bonds. The molecule has 1 aromatic carbocycles. The third-order valence-corrected chi connectivity index (χ3v) is 3.62. The van der Waals surface area contributed by atoms with Gasteiger partial charge in [0.25, 0.3) is 0 Å². The number of rotatable bonds is 3. The third-order valence-electron chi connectivity index (χ3n) is 3.00. The van der Waals surface area contributed by atoms with E-state index < -0.39 is 0 Å². The molecular formula is C12H16BrNO2. The van der Waals surface area contributed by atoms with Gasteiger partial charge < -0.3 is 14.8 Å². The summed E-state index contributed by atoms with van der Waals surface area (Å²) < 4.78 is 11.7. The van der Waals surface area contributed by atoms with Crippen molar-refractivity contribution in [3.8, 4) is 11.5 Å². The van der Waals surface area contributed by atoms with Crippen molar-refractivity contribution in [3.05, 3.63) is 22.2 Å². The quantitative estimate of drug-likeness (QED) is 0.926. The van der Waals surface area contributed by atoms with Crippen LogP contribution < -0.4 is 14.8 Å². The first-order valence-corrected chi connectivity index (χ1v) is 6.17. The second-order valence-corrected chi connectivity index (χ2v) is 4.77. The van der Waals surface area contributed by atoms with Crippen LogP contribution in [0, 0.1) is 0 Å². The topological polar surface area (TPSA) is 30.5 Å². The lowest BCUT2D eigenvalue weighted by Gasteiger charge is -2.16. The van der Waals surface area contributed by atoms with E-state index in [1.54, 1.807) is 14.2 Å². The van der Waals surface area contributed by atoms with Crippen LogP contribution in [0.1, 0.15) is 17.9 Å². The van der Waals surface area contributed by atoms with Crippen molar-refractivity contribution < 1.29 is 9.47 Å². The van der Waals surface area contributed by atoms with E-state index in [1.807, 2.05) is 6.07 Å². The van der Waals surface area contributed by atoms with Crippen LogP contribution in [0.5, 0.6) is 11.5 Å². The van der Waals surface area contributed by atoms with Gasteiger partial charge in [0.05, 0.1) is 18.7 Å². The van der Waals surface area contributed by atoms with E-state index >= 15 is 0 Å². The van der Waals surface area contributed by atoms with Gasteiger partial charge in [0.2, 0.25) is 0 Å². The zero-order valence-corrected chi connectivity index (χ0v) is 11.1. The van der Waals surface area contributed by atoms with Gasteiger partial charge in [0, 0.05) is 18.0 Å². The fourth-order valence-corrected chi connectivity index (χ4v) is 2.61. The predicted octanol–water partition coefficient (Wildman–Crippen LogP) is 2.54. The molecule has 1 N–H and O–H groups in total. The molecule has 1 aliphatic rings. The van der Waals surface area contributed by atoms with Gasteiger partial charge in [-0.25, -0.2) is 0 Å². The molecule has 1 atom stereocenters. The van der Waals surface area contributed by atoms with Crippen LogP contribution in [0.3, 0.4) is 0 Å². The molecule has 0 aliphatic carbocycles. The number of halogens is 1. The molecule has 1 aromatic rings. The molecule has 1 saturated heterocycles. The van der Waals surface area contributed by atoms with E-state index in [9.17, 15) is 0 Å². The molecule has 0 saturated carbocycles. The van der Waals surface area contributed by atoms with E-state index in [1.165, 1.54) is 5.56 Å². The molecule has 0 spiro atoms. The predicted molar refractivity (Wildman–Crippen MR) is 67.5 cm³/mol. The Morgan fingerprint density at radius 1 is 1.25 bits per heavy atom. The molecule has 3 nitrogen and oxygen atoms in total. The monoisotopic (exact) mass is 285 g/mol. The molecule has 88 valence electrons. The first kappa shape index (κ1) is 11.7. The average Bonchev–Trinajstić information content (AvgIpc) is 2.82. The standard InChI is InChI=1S/C12H16BrNO2/c1-15-11-6-10(13)12(16-2)5-9(11)8-3-4-14-7-8/h5-6,8,14H,3-4,7H2,1-2H3/t8-/m0/s1. The molecule has 0 aromatic heterocycles. The van der Waals surface area contributed by atoms with E-state index in [0.717, 1.165) is 35.5 Å². The van der Waals surface area contributed by atoms with Crippen molar-refractivity contribution in [2.75, 3.05) is 27.3 Å². The second kappa shape index (κ2) is 5.06. The summed E-state index contributed by atoms with van der Waals surface area (Å²) in [5.41, 5.74) is 1.23. The Bertz CT molecular complexity index is 376. The van der Waals surface area contributed by atoms with Crippen LogP contribution in [0.25, 0.3) is 0 Å². The minimum absolute atomic E-state index is 0.525. The number of methoxy groups -OCH3 is 2. The SMILES string of the molecule is COc1cc([C@H]2CCNC2)c(OC)cc1Br. The number of ether oxygens (including phenoxy) is 2. The van der Waals surface area contributed by atoms with Crippen molar-refractivity contribution in [3.63, 3.8) is 0 Å². The Morgan fingerprint density at radius 2 is 2.00 bits per heavy atom. The largest absolute Gasteiger partial charge is 0.496 e. The normalized spacial score (nSPS) is 19.8. The summed E-state index contributed by atoms with van der Waals surface area (Å²) in [5, 5.41) is 3.37. The molecule has 1 aliphatic heterocycles. The Balaban J connectivity index is 2.40. The minimum atomic E-state index is 0.525. The highest BCUT2D eigenvalue weighted by Gasteiger charge is 2.21. The van der Waals surface area contributed by atoms with Gasteiger partial charge in [-0.3, -0.25) is 0 Å². The summed E-state index contributed by atoms with van der Waals surface area (Å²) >= 11 is 3.47. The zero-order valence-electron chi connectivity index (χ0n) is 9.55. The highest BCUT2D eigenvalue weighted by molar-refractivity contribution is 9.10. The molecule has 0 unspecified atom stereocenters. The van der Waals surface area contributed by atoms with E-state index in [-0.39, 0.29) is 0 Å². The molecular weight excluding hydrogens is 270 g/mol. The fourth-order valence-electron chi connectivity index (χ4n) is 2.12. The lowest BCUT2D eigenvalue weighted by Crippen LogP contribution is -2.09. The number of hydrogen-bond acceptors (Lipinski definition) is 3. The first-order chi connectivity index (χ1) is 7.76. The van der Waals surface area contributed by atoms with Gasteiger partial charge in [-0.15, -0.1) is 0 Å². The summed E-state index contributed by atoms with van der Waals surface area (Å²) in [6, 6.07) is 4.05. The maximum Gasteiger partial charge on any atom is 0.133 e. The minimum Gasteiger partial charge on any atom is -0.496 e. The third kappa shape index (κ3) is 2.18. The van der Waals surface area contributed by atoms with Gasteiger partial charge in [-0.1, -0.05) is 0 Å². The van der Waals surface area contributed by atoms with Gasteiger partial charge in [0.1, 0.15) is 11.5 Å². The Labute approximate surface area is 104 Å². The summed E-state index contributed by atoms with van der Waals surface area (Å²) in [4.78, 5) is 0. The van der Waals surface area contributed by atoms with Crippen molar-refractivity contribution in [1.29, 1.82) is 0 Å². The Hall–Kier alpha value is -0.740. The van der Waals surface area contributed by atoms with Crippen LogP contribution in [0.2, 0.25) is 0 Å². The van der Waals surface area contributed by atoms with Crippen molar-refractivity contribution in [2.24, 2.45) is 0 Å². The van der Waals surface area contributed by atoms with Gasteiger partial charge in [-0.05, 0) is 41.0 Å². The maximum atomic E-state index is 5.42. The highest BCUT2D eigenvalue weighted by atomic mass is 79.9. The molecule has 0 radical (unpaired) electrons. The smallest absolute Gasteiger partial charge is 0.133 e. The molecule has 1 fully saturated rings. The number of hydrogen-bond donors (Lipinski definition) is 1. The highest BCUT2D eigenvalue weighted by Crippen LogP contribution is 2.38. The molecule has 1 heterocycles. The van der Waals surface area contributed by atoms with Crippen molar-refractivity contribution in [1.82, 2.24) is 5.32 Å². The van der Waals surface area contributed by atoms with Gasteiger partial charge in [0.15, 0.2) is 0 Å². The van der Waals surface area contributed by atoms with Crippen LogP contribution in [-0.4, -0.2) is 27.3 Å². The number of benzene rings is 1. The fraction of sp³-hybridized carbons (Fsp3) is 0.500. The van der Waals surface area contributed by atoms with Crippen LogP contribution in [-0.2, 0) is 0 Å².